The highest BCUT2D eigenvalue weighted by molar-refractivity contribution is 7.91. The number of aryl methyl sites for hydroxylation is 2. The number of hydrogen-bond donors (Lipinski definition) is 0. The Hall–Kier alpha value is -3.52. The normalized spacial score (nSPS) is 19.8. The Kier molecular flexibility index (Phi) is 7.92. The van der Waals surface area contributed by atoms with Crippen LogP contribution in [0.3, 0.4) is 0 Å². The van der Waals surface area contributed by atoms with Gasteiger partial charge in [0.2, 0.25) is 0 Å². The summed E-state index contributed by atoms with van der Waals surface area (Å²) < 4.78 is 46.8. The van der Waals surface area contributed by atoms with Crippen LogP contribution in [0.1, 0.15) is 60.8 Å². The van der Waals surface area contributed by atoms with Crippen molar-refractivity contribution in [1.29, 1.82) is 0 Å². The number of hydrogen-bond acceptors (Lipinski definition) is 7. The molecule has 1 fully saturated rings. The van der Waals surface area contributed by atoms with E-state index in [1.807, 2.05) is 24.3 Å². The standard InChI is InChI=1S/C34H38O7S/c1-34(12-14-42(36,37)15-13-34)22-41-27-8-10-29-25(17-27)5-3-4-24-7-6-23(16-31(24)29)20-39-28-9-11-30-26(18-33(35)38-2)21-40-32(30)19-28/h6-11,16-17,19,26H,3-5,12-15,18,20-22H2,1-2H3/t26-/m1/s1. The van der Waals surface area contributed by atoms with Gasteiger partial charge in [0.1, 0.15) is 33.7 Å². The number of carbonyl (C=O) groups excluding carboxylic acids is 1. The number of methoxy groups -OCH3 is 1. The molecule has 3 aliphatic rings. The first-order valence-electron chi connectivity index (χ1n) is 14.7. The van der Waals surface area contributed by atoms with Crippen molar-refractivity contribution < 1.29 is 32.2 Å². The lowest BCUT2D eigenvalue weighted by molar-refractivity contribution is -0.141. The third kappa shape index (κ3) is 6.28. The second-order valence-electron chi connectivity index (χ2n) is 12.2. The predicted molar refractivity (Wildman–Crippen MR) is 161 cm³/mol. The van der Waals surface area contributed by atoms with Crippen molar-refractivity contribution in [3.63, 3.8) is 0 Å². The number of esters is 1. The zero-order valence-electron chi connectivity index (χ0n) is 24.3. The number of fused-ring (bicyclic) bond motifs is 4. The van der Waals surface area contributed by atoms with Crippen LogP contribution in [0.15, 0.2) is 54.6 Å². The van der Waals surface area contributed by atoms with Crippen molar-refractivity contribution in [2.45, 2.75) is 58.0 Å². The van der Waals surface area contributed by atoms with Crippen molar-refractivity contribution in [3.05, 3.63) is 76.9 Å². The topological polar surface area (TPSA) is 88.1 Å². The fourth-order valence-corrected chi connectivity index (χ4v) is 7.99. The third-order valence-corrected chi connectivity index (χ3v) is 10.6. The summed E-state index contributed by atoms with van der Waals surface area (Å²) in [5.74, 6) is 2.60. The number of ether oxygens (including phenoxy) is 4. The summed E-state index contributed by atoms with van der Waals surface area (Å²) in [4.78, 5) is 11.7. The van der Waals surface area contributed by atoms with E-state index in [9.17, 15) is 13.2 Å². The molecule has 8 heteroatoms. The van der Waals surface area contributed by atoms with Crippen LogP contribution in [0.25, 0.3) is 11.1 Å². The van der Waals surface area contributed by atoms with Crippen molar-refractivity contribution in [1.82, 2.24) is 0 Å². The van der Waals surface area contributed by atoms with E-state index < -0.39 is 9.84 Å². The van der Waals surface area contributed by atoms with Gasteiger partial charge in [0.15, 0.2) is 0 Å². The molecule has 1 aliphatic carbocycles. The average molecular weight is 591 g/mol. The molecule has 1 saturated heterocycles. The number of rotatable bonds is 8. The van der Waals surface area contributed by atoms with Crippen molar-refractivity contribution in [2.24, 2.45) is 5.41 Å². The fraction of sp³-hybridized carbons (Fsp3) is 0.441. The summed E-state index contributed by atoms with van der Waals surface area (Å²) in [6.07, 6.45) is 4.66. The van der Waals surface area contributed by atoms with Crippen LogP contribution in [0.5, 0.6) is 17.2 Å². The maximum atomic E-state index is 11.9. The smallest absolute Gasteiger partial charge is 0.306 e. The highest BCUT2D eigenvalue weighted by Crippen LogP contribution is 2.40. The van der Waals surface area contributed by atoms with E-state index in [0.717, 1.165) is 47.6 Å². The third-order valence-electron chi connectivity index (χ3n) is 8.97. The van der Waals surface area contributed by atoms with Gasteiger partial charge in [0.25, 0.3) is 0 Å². The van der Waals surface area contributed by atoms with E-state index in [1.54, 1.807) is 0 Å². The molecule has 0 aromatic heterocycles. The minimum absolute atomic E-state index is 0.00577. The molecule has 0 spiro atoms. The summed E-state index contributed by atoms with van der Waals surface area (Å²) in [5, 5.41) is 0. The van der Waals surface area contributed by atoms with Crippen LogP contribution >= 0.6 is 0 Å². The molecule has 0 N–H and O–H groups in total. The Bertz CT molecular complexity index is 1580. The molecule has 0 saturated carbocycles. The molecule has 2 heterocycles. The molecule has 2 aliphatic heterocycles. The molecule has 0 unspecified atom stereocenters. The van der Waals surface area contributed by atoms with Gasteiger partial charge in [-0.3, -0.25) is 4.79 Å². The molecule has 0 radical (unpaired) electrons. The Labute approximate surface area is 248 Å². The molecule has 6 rings (SSSR count). The monoisotopic (exact) mass is 590 g/mol. The maximum absolute atomic E-state index is 11.9. The fourth-order valence-electron chi connectivity index (χ4n) is 6.18. The maximum Gasteiger partial charge on any atom is 0.306 e. The quantitative estimate of drug-likeness (QED) is 0.295. The number of carbonyl (C=O) groups is 1. The van der Waals surface area contributed by atoms with Gasteiger partial charge in [-0.2, -0.15) is 0 Å². The first-order chi connectivity index (χ1) is 20.2. The lowest BCUT2D eigenvalue weighted by Crippen LogP contribution is -2.35. The summed E-state index contributed by atoms with van der Waals surface area (Å²) in [5.41, 5.74) is 7.07. The number of benzene rings is 3. The predicted octanol–water partition coefficient (Wildman–Crippen LogP) is 6.05. The molecular formula is C34H38O7S. The van der Waals surface area contributed by atoms with Gasteiger partial charge in [-0.15, -0.1) is 0 Å². The van der Waals surface area contributed by atoms with Crippen LogP contribution < -0.4 is 14.2 Å². The molecule has 7 nitrogen and oxygen atoms in total. The van der Waals surface area contributed by atoms with Gasteiger partial charge in [-0.05, 0) is 84.2 Å². The average Bonchev–Trinajstić information content (AvgIpc) is 3.29. The molecule has 3 aromatic carbocycles. The van der Waals surface area contributed by atoms with Gasteiger partial charge in [0, 0.05) is 23.0 Å². The highest BCUT2D eigenvalue weighted by Gasteiger charge is 2.34. The van der Waals surface area contributed by atoms with E-state index in [1.165, 1.54) is 29.4 Å². The molecule has 3 aromatic rings. The summed E-state index contributed by atoms with van der Waals surface area (Å²) >= 11 is 0. The van der Waals surface area contributed by atoms with E-state index in [-0.39, 0.29) is 28.8 Å². The van der Waals surface area contributed by atoms with Crippen molar-refractivity contribution in [3.8, 4) is 28.4 Å². The largest absolute Gasteiger partial charge is 0.493 e. The zero-order chi connectivity index (χ0) is 29.3. The summed E-state index contributed by atoms with van der Waals surface area (Å²) in [7, 11) is -1.49. The van der Waals surface area contributed by atoms with Crippen molar-refractivity contribution in [2.75, 3.05) is 31.8 Å². The van der Waals surface area contributed by atoms with Gasteiger partial charge in [-0.1, -0.05) is 31.2 Å². The Balaban J connectivity index is 1.13. The Morgan fingerprint density at radius 2 is 1.69 bits per heavy atom. The van der Waals surface area contributed by atoms with E-state index in [4.69, 9.17) is 18.9 Å². The van der Waals surface area contributed by atoms with Crippen LogP contribution in [-0.4, -0.2) is 46.2 Å². The zero-order valence-corrected chi connectivity index (χ0v) is 25.1. The molecule has 42 heavy (non-hydrogen) atoms. The van der Waals surface area contributed by atoms with Gasteiger partial charge in [-0.25, -0.2) is 8.42 Å². The van der Waals surface area contributed by atoms with Gasteiger partial charge >= 0.3 is 5.97 Å². The van der Waals surface area contributed by atoms with Gasteiger partial charge < -0.3 is 18.9 Å². The molecule has 0 bridgehead atoms. The second-order valence-corrected chi connectivity index (χ2v) is 14.5. The minimum atomic E-state index is -2.90. The molecule has 222 valence electrons. The highest BCUT2D eigenvalue weighted by atomic mass is 32.2. The Morgan fingerprint density at radius 3 is 2.50 bits per heavy atom. The van der Waals surface area contributed by atoms with Crippen LogP contribution in [-0.2, 0) is 38.8 Å². The van der Waals surface area contributed by atoms with Gasteiger partial charge in [0.05, 0.1) is 38.3 Å². The van der Waals surface area contributed by atoms with Crippen LogP contribution in [0, 0.1) is 5.41 Å². The van der Waals surface area contributed by atoms with E-state index in [2.05, 4.69) is 37.3 Å². The summed E-state index contributed by atoms with van der Waals surface area (Å²) in [6, 6.07) is 18.8. The molecular weight excluding hydrogens is 552 g/mol. The first kappa shape index (κ1) is 28.6. The minimum Gasteiger partial charge on any atom is -0.493 e. The van der Waals surface area contributed by atoms with Crippen LogP contribution in [0.4, 0.5) is 0 Å². The Morgan fingerprint density at radius 1 is 0.929 bits per heavy atom. The van der Waals surface area contributed by atoms with Crippen molar-refractivity contribution >= 4 is 15.8 Å². The summed E-state index contributed by atoms with van der Waals surface area (Å²) in [6.45, 7) is 3.55. The van der Waals surface area contributed by atoms with Crippen LogP contribution in [0.2, 0.25) is 0 Å². The van der Waals surface area contributed by atoms with E-state index in [0.29, 0.717) is 39.1 Å². The second kappa shape index (κ2) is 11.6. The lowest BCUT2D eigenvalue weighted by atomic mass is 9.85. The lowest BCUT2D eigenvalue weighted by Gasteiger charge is -2.33. The number of sulfone groups is 1. The SMILES string of the molecule is COC(=O)C[C@@H]1COc2cc(OCc3ccc4c(c3)-c3ccc(OCC5(C)CCS(=O)(=O)CC5)cc3CCC4)ccc21. The van der Waals surface area contributed by atoms with E-state index >= 15 is 0 Å². The molecule has 0 amide bonds. The molecule has 1 atom stereocenters. The first-order valence-corrected chi connectivity index (χ1v) is 16.6.